The van der Waals surface area contributed by atoms with Gasteiger partial charge in [-0.3, -0.25) is 14.8 Å². The van der Waals surface area contributed by atoms with Gasteiger partial charge in [0.25, 0.3) is 0 Å². The number of hydrogen-bond donors (Lipinski definition) is 2. The molecule has 5 nitrogen and oxygen atoms in total. The summed E-state index contributed by atoms with van der Waals surface area (Å²) >= 11 is 1.63. The van der Waals surface area contributed by atoms with Crippen molar-refractivity contribution in [3.63, 3.8) is 0 Å². The molecule has 2 N–H and O–H groups in total. The van der Waals surface area contributed by atoms with Crippen LogP contribution in [0, 0.1) is 0 Å². The molecule has 1 aromatic heterocycles. The van der Waals surface area contributed by atoms with Gasteiger partial charge in [-0.05, 0) is 27.2 Å². The molecule has 0 saturated carbocycles. The Balaban J connectivity index is 2.50. The average molecular weight is 271 g/mol. The van der Waals surface area contributed by atoms with Gasteiger partial charge in [0.05, 0.1) is 6.20 Å². The van der Waals surface area contributed by atoms with Crippen LogP contribution < -0.4 is 5.32 Å². The molecule has 0 spiro atoms. The molecule has 0 saturated heterocycles. The summed E-state index contributed by atoms with van der Waals surface area (Å²) in [6.45, 7) is 5.64. The average Bonchev–Trinajstić information content (AvgIpc) is 2.63. The monoisotopic (exact) mass is 271 g/mol. The highest BCUT2D eigenvalue weighted by Gasteiger charge is 2.32. The van der Waals surface area contributed by atoms with Crippen LogP contribution in [-0.4, -0.2) is 38.2 Å². The first kappa shape index (κ1) is 15.0. The molecule has 1 rings (SSSR count). The maximum atomic E-state index is 11.3. The molecule has 0 fully saturated rings. The summed E-state index contributed by atoms with van der Waals surface area (Å²) < 4.78 is 1.74. The fraction of sp³-hybridized carbons (Fsp3) is 0.667. The molecule has 0 amide bonds. The van der Waals surface area contributed by atoms with E-state index in [9.17, 15) is 9.90 Å². The van der Waals surface area contributed by atoms with Crippen LogP contribution in [-0.2, 0) is 11.8 Å². The highest BCUT2D eigenvalue weighted by Crippen LogP contribution is 2.21. The Hall–Kier alpha value is -1.01. The smallest absolute Gasteiger partial charge is 0.323 e. The molecule has 0 aromatic carbocycles. The van der Waals surface area contributed by atoms with Crippen LogP contribution in [0.4, 0.5) is 0 Å². The topological polar surface area (TPSA) is 67.2 Å². The van der Waals surface area contributed by atoms with Crippen LogP contribution in [0.3, 0.4) is 0 Å². The highest BCUT2D eigenvalue weighted by molar-refractivity contribution is 7.99. The van der Waals surface area contributed by atoms with E-state index < -0.39 is 11.5 Å². The molecule has 1 unspecified atom stereocenters. The summed E-state index contributed by atoms with van der Waals surface area (Å²) in [6, 6.07) is 0.148. The van der Waals surface area contributed by atoms with Crippen molar-refractivity contribution in [3.05, 3.63) is 12.4 Å². The van der Waals surface area contributed by atoms with E-state index >= 15 is 0 Å². The van der Waals surface area contributed by atoms with Crippen molar-refractivity contribution in [3.8, 4) is 0 Å². The maximum Gasteiger partial charge on any atom is 0.323 e. The number of nitrogens with zero attached hydrogens (tertiary/aromatic N) is 2. The van der Waals surface area contributed by atoms with Gasteiger partial charge in [-0.15, -0.1) is 11.8 Å². The number of rotatable bonds is 7. The summed E-state index contributed by atoms with van der Waals surface area (Å²) in [4.78, 5) is 12.4. The number of nitrogens with one attached hydrogen (secondary N) is 1. The minimum Gasteiger partial charge on any atom is -0.480 e. The number of aromatic nitrogens is 2. The van der Waals surface area contributed by atoms with Gasteiger partial charge in [0.15, 0.2) is 0 Å². The summed E-state index contributed by atoms with van der Waals surface area (Å²) in [6.07, 6.45) is 4.29. The maximum absolute atomic E-state index is 11.3. The van der Waals surface area contributed by atoms with E-state index in [2.05, 4.69) is 10.4 Å². The predicted molar refractivity (Wildman–Crippen MR) is 72.9 cm³/mol. The van der Waals surface area contributed by atoms with Crippen molar-refractivity contribution in [1.82, 2.24) is 15.1 Å². The minimum atomic E-state index is -0.872. The van der Waals surface area contributed by atoms with Crippen molar-refractivity contribution in [2.75, 3.05) is 5.75 Å². The van der Waals surface area contributed by atoms with Gasteiger partial charge in [-0.2, -0.15) is 5.10 Å². The highest BCUT2D eigenvalue weighted by atomic mass is 32.2. The number of hydrogen-bond acceptors (Lipinski definition) is 4. The summed E-state index contributed by atoms with van der Waals surface area (Å²) in [5.41, 5.74) is -0.872. The van der Waals surface area contributed by atoms with Crippen molar-refractivity contribution < 1.29 is 9.90 Å². The lowest BCUT2D eigenvalue weighted by Crippen LogP contribution is -2.52. The molecule has 0 radical (unpaired) electrons. The molecule has 0 aliphatic rings. The van der Waals surface area contributed by atoms with Crippen LogP contribution in [0.5, 0.6) is 0 Å². The summed E-state index contributed by atoms with van der Waals surface area (Å²) in [5, 5.41) is 16.5. The molecule has 6 heteroatoms. The number of carboxylic acids is 1. The Labute approximate surface area is 112 Å². The zero-order valence-corrected chi connectivity index (χ0v) is 12.1. The normalized spacial score (nSPS) is 14.7. The van der Waals surface area contributed by atoms with Crippen LogP contribution in [0.15, 0.2) is 17.3 Å². The fourth-order valence-corrected chi connectivity index (χ4v) is 2.82. The van der Waals surface area contributed by atoms with E-state index in [0.29, 0.717) is 6.42 Å². The van der Waals surface area contributed by atoms with Gasteiger partial charge in [0.2, 0.25) is 0 Å². The summed E-state index contributed by atoms with van der Waals surface area (Å²) in [5.74, 6) is -0.0585. The van der Waals surface area contributed by atoms with E-state index in [0.717, 1.165) is 10.6 Å². The van der Waals surface area contributed by atoms with Crippen molar-refractivity contribution >= 4 is 17.7 Å². The third kappa shape index (κ3) is 4.34. The van der Waals surface area contributed by atoms with Crippen LogP contribution in [0.2, 0.25) is 0 Å². The van der Waals surface area contributed by atoms with Gasteiger partial charge in [-0.25, -0.2) is 0 Å². The molecule has 0 aliphatic heterocycles. The molecule has 0 aliphatic carbocycles. The largest absolute Gasteiger partial charge is 0.480 e. The van der Waals surface area contributed by atoms with Gasteiger partial charge < -0.3 is 5.11 Å². The quantitative estimate of drug-likeness (QED) is 0.739. The Kier molecular flexibility index (Phi) is 5.22. The van der Waals surface area contributed by atoms with Crippen molar-refractivity contribution in [1.29, 1.82) is 0 Å². The predicted octanol–water partition coefficient (Wildman–Crippen LogP) is 1.74. The van der Waals surface area contributed by atoms with E-state index in [1.54, 1.807) is 29.6 Å². The van der Waals surface area contributed by atoms with Crippen molar-refractivity contribution in [2.45, 2.75) is 43.7 Å². The Morgan fingerprint density at radius 3 is 2.78 bits per heavy atom. The van der Waals surface area contributed by atoms with E-state index in [1.807, 2.05) is 27.1 Å². The third-order valence-corrected chi connectivity index (χ3v) is 3.58. The Morgan fingerprint density at radius 1 is 1.67 bits per heavy atom. The molecule has 102 valence electrons. The first-order chi connectivity index (χ1) is 8.33. The lowest BCUT2D eigenvalue weighted by atomic mass is 9.98. The van der Waals surface area contributed by atoms with Gasteiger partial charge in [0.1, 0.15) is 5.54 Å². The first-order valence-electron chi connectivity index (χ1n) is 5.96. The van der Waals surface area contributed by atoms with Gasteiger partial charge >= 0.3 is 5.97 Å². The first-order valence-corrected chi connectivity index (χ1v) is 6.94. The standard InChI is InChI=1S/C12H21N3O2S/c1-9(2)14-12(3,11(16)17)5-6-18-10-7-13-15(4)8-10/h7-9,14H,5-6H2,1-4H3,(H,16,17). The number of thioether (sulfide) groups is 1. The van der Waals surface area contributed by atoms with E-state index in [4.69, 9.17) is 0 Å². The number of aliphatic carboxylic acids is 1. The van der Waals surface area contributed by atoms with E-state index in [1.165, 1.54) is 0 Å². The second-order valence-electron chi connectivity index (χ2n) is 4.88. The molecule has 1 atom stereocenters. The summed E-state index contributed by atoms with van der Waals surface area (Å²) in [7, 11) is 1.87. The van der Waals surface area contributed by atoms with Crippen LogP contribution in [0.1, 0.15) is 27.2 Å². The van der Waals surface area contributed by atoms with Crippen LogP contribution in [0.25, 0.3) is 0 Å². The lowest BCUT2D eigenvalue weighted by Gasteiger charge is -2.28. The SMILES string of the molecule is CC(C)NC(C)(CCSc1cnn(C)c1)C(=O)O. The van der Waals surface area contributed by atoms with Crippen molar-refractivity contribution in [2.24, 2.45) is 7.05 Å². The second kappa shape index (κ2) is 6.24. The minimum absolute atomic E-state index is 0.148. The Bertz CT molecular complexity index is 406. The Morgan fingerprint density at radius 2 is 2.33 bits per heavy atom. The number of aryl methyl sites for hydroxylation is 1. The molecule has 0 bridgehead atoms. The van der Waals surface area contributed by atoms with Crippen LogP contribution >= 0.6 is 11.8 Å². The second-order valence-corrected chi connectivity index (χ2v) is 6.05. The number of carboxylic acid groups (broad SMARTS) is 1. The van der Waals surface area contributed by atoms with Gasteiger partial charge in [0, 0.05) is 29.9 Å². The number of carbonyl (C=O) groups is 1. The molecule has 1 heterocycles. The molecule has 18 heavy (non-hydrogen) atoms. The fourth-order valence-electron chi connectivity index (χ4n) is 1.72. The zero-order chi connectivity index (χ0) is 13.8. The molecular weight excluding hydrogens is 250 g/mol. The zero-order valence-electron chi connectivity index (χ0n) is 11.3. The third-order valence-electron chi connectivity index (χ3n) is 2.63. The van der Waals surface area contributed by atoms with E-state index in [-0.39, 0.29) is 6.04 Å². The molecule has 1 aromatic rings. The van der Waals surface area contributed by atoms with Gasteiger partial charge in [-0.1, -0.05) is 0 Å². The lowest BCUT2D eigenvalue weighted by molar-refractivity contribution is -0.144. The molecular formula is C12H21N3O2S.